The molecule has 6 rings (SSSR count). The molecule has 1 saturated heterocycles. The van der Waals surface area contributed by atoms with Crippen LogP contribution < -0.4 is 19.8 Å². The van der Waals surface area contributed by atoms with Crippen molar-refractivity contribution in [1.29, 1.82) is 0 Å². The van der Waals surface area contributed by atoms with Crippen LogP contribution in [0, 0.1) is 5.41 Å². The summed E-state index contributed by atoms with van der Waals surface area (Å²) >= 11 is 0. The number of likely N-dealkylation sites (N-methyl/N-ethyl adjacent to an activating group) is 1. The van der Waals surface area contributed by atoms with Crippen molar-refractivity contribution in [2.45, 2.75) is 50.9 Å². The summed E-state index contributed by atoms with van der Waals surface area (Å²) in [4.78, 5) is 18.1. The predicted octanol–water partition coefficient (Wildman–Crippen LogP) is 4.56. The van der Waals surface area contributed by atoms with Gasteiger partial charge in [0.05, 0.1) is 22.7 Å². The fourth-order valence-corrected chi connectivity index (χ4v) is 6.60. The molecule has 2 saturated carbocycles. The van der Waals surface area contributed by atoms with Gasteiger partial charge in [-0.1, -0.05) is 0 Å². The zero-order valence-corrected chi connectivity index (χ0v) is 21.4. The molecule has 0 aromatic heterocycles. The van der Waals surface area contributed by atoms with Crippen LogP contribution in [0.5, 0.6) is 0 Å². The van der Waals surface area contributed by atoms with Crippen LogP contribution in [-0.2, 0) is 15.4 Å². The standard InChI is InChI=1S/C27H34N4O3S/c1-3-35(33,34)29-20-4-6-21(24(17-20)31-14-12-26(8-9-26)13-15-31)25(32)28-19-5-7-23-22(16-19)27(10-11-27)18-30(23)2/h4-7,16-17,29H,3,8-15,18H2,1-2H3,(H,28,32). The van der Waals surface area contributed by atoms with Gasteiger partial charge in [-0.2, -0.15) is 0 Å². The first-order valence-electron chi connectivity index (χ1n) is 12.8. The molecule has 8 heteroatoms. The number of piperidine rings is 1. The summed E-state index contributed by atoms with van der Waals surface area (Å²) in [6.45, 7) is 4.44. The average molecular weight is 495 g/mol. The third kappa shape index (κ3) is 4.15. The predicted molar refractivity (Wildman–Crippen MR) is 141 cm³/mol. The molecule has 0 bridgehead atoms. The SMILES string of the molecule is CCS(=O)(=O)Nc1ccc(C(=O)Nc2ccc3c(c2)C2(CC2)CN3C)c(N2CCC3(CC2)CC3)c1. The highest BCUT2D eigenvalue weighted by atomic mass is 32.2. The number of rotatable bonds is 6. The van der Waals surface area contributed by atoms with Crippen molar-refractivity contribution in [3.05, 3.63) is 47.5 Å². The molecule has 0 atom stereocenters. The van der Waals surface area contributed by atoms with Gasteiger partial charge in [-0.05, 0) is 92.8 Å². The van der Waals surface area contributed by atoms with Gasteiger partial charge in [0.1, 0.15) is 0 Å². The summed E-state index contributed by atoms with van der Waals surface area (Å²) in [5.74, 6) is -0.154. The molecule has 3 fully saturated rings. The third-order valence-electron chi connectivity index (χ3n) is 8.65. The Balaban J connectivity index is 1.28. The van der Waals surface area contributed by atoms with E-state index in [2.05, 4.69) is 39.0 Å². The molecule has 2 aliphatic heterocycles. The van der Waals surface area contributed by atoms with E-state index in [-0.39, 0.29) is 17.1 Å². The molecule has 1 amide bonds. The van der Waals surface area contributed by atoms with Crippen LogP contribution in [0.4, 0.5) is 22.7 Å². The lowest BCUT2D eigenvalue weighted by Gasteiger charge is -2.35. The number of fused-ring (bicyclic) bond motifs is 2. The third-order valence-corrected chi connectivity index (χ3v) is 9.95. The minimum Gasteiger partial charge on any atom is -0.373 e. The monoisotopic (exact) mass is 494 g/mol. The summed E-state index contributed by atoms with van der Waals surface area (Å²) in [7, 11) is -1.26. The summed E-state index contributed by atoms with van der Waals surface area (Å²) < 4.78 is 27.0. The van der Waals surface area contributed by atoms with Gasteiger partial charge in [0.25, 0.3) is 5.91 Å². The van der Waals surface area contributed by atoms with Crippen LogP contribution in [0.1, 0.15) is 61.4 Å². The van der Waals surface area contributed by atoms with Crippen molar-refractivity contribution < 1.29 is 13.2 Å². The van der Waals surface area contributed by atoms with E-state index in [9.17, 15) is 13.2 Å². The van der Waals surface area contributed by atoms with Crippen molar-refractivity contribution in [2.75, 3.05) is 52.3 Å². The lowest BCUT2D eigenvalue weighted by Crippen LogP contribution is -2.35. The minimum atomic E-state index is -3.40. The van der Waals surface area contributed by atoms with Crippen LogP contribution in [0.15, 0.2) is 36.4 Å². The molecule has 2 N–H and O–H groups in total. The van der Waals surface area contributed by atoms with E-state index in [4.69, 9.17) is 0 Å². The van der Waals surface area contributed by atoms with E-state index >= 15 is 0 Å². The average Bonchev–Trinajstić information content (AvgIpc) is 3.76. The van der Waals surface area contributed by atoms with Gasteiger partial charge >= 0.3 is 0 Å². The number of nitrogens with zero attached hydrogens (tertiary/aromatic N) is 2. The van der Waals surface area contributed by atoms with Gasteiger partial charge in [0.15, 0.2) is 0 Å². The van der Waals surface area contributed by atoms with Gasteiger partial charge in [-0.3, -0.25) is 9.52 Å². The van der Waals surface area contributed by atoms with Gasteiger partial charge in [0, 0.05) is 43.5 Å². The van der Waals surface area contributed by atoms with Crippen LogP contribution in [0.3, 0.4) is 0 Å². The molecular weight excluding hydrogens is 460 g/mol. The van der Waals surface area contributed by atoms with Gasteiger partial charge in [-0.15, -0.1) is 0 Å². The minimum absolute atomic E-state index is 0.00577. The number of benzene rings is 2. The normalized spacial score (nSPS) is 21.2. The maximum Gasteiger partial charge on any atom is 0.257 e. The van der Waals surface area contributed by atoms with Crippen molar-refractivity contribution in [3.63, 3.8) is 0 Å². The summed E-state index contributed by atoms with van der Waals surface area (Å²) in [5, 5.41) is 3.13. The van der Waals surface area contributed by atoms with Gasteiger partial charge < -0.3 is 15.1 Å². The fourth-order valence-electron chi connectivity index (χ4n) is 5.97. The van der Waals surface area contributed by atoms with Crippen LogP contribution in [0.2, 0.25) is 0 Å². The zero-order chi connectivity index (χ0) is 24.4. The molecule has 4 aliphatic rings. The van der Waals surface area contributed by atoms with Crippen molar-refractivity contribution in [1.82, 2.24) is 0 Å². The van der Waals surface area contributed by atoms with E-state index in [0.717, 1.165) is 43.9 Å². The van der Waals surface area contributed by atoms with Crippen LogP contribution in [0.25, 0.3) is 0 Å². The molecule has 7 nitrogen and oxygen atoms in total. The molecule has 2 heterocycles. The lowest BCUT2D eigenvalue weighted by molar-refractivity contribution is 0.102. The van der Waals surface area contributed by atoms with E-state index in [0.29, 0.717) is 16.7 Å². The number of hydrogen-bond acceptors (Lipinski definition) is 5. The molecule has 2 aromatic carbocycles. The van der Waals surface area contributed by atoms with Crippen molar-refractivity contribution in [3.8, 4) is 0 Å². The van der Waals surface area contributed by atoms with Crippen molar-refractivity contribution >= 4 is 38.7 Å². The first-order valence-corrected chi connectivity index (χ1v) is 14.4. The number of anilines is 4. The Morgan fingerprint density at radius 2 is 1.66 bits per heavy atom. The number of hydrogen-bond donors (Lipinski definition) is 2. The number of carbonyl (C=O) groups excluding carboxylic acids is 1. The summed E-state index contributed by atoms with van der Waals surface area (Å²) in [6, 6.07) is 11.5. The summed E-state index contributed by atoms with van der Waals surface area (Å²) in [6.07, 6.45) is 7.27. The fraction of sp³-hybridized carbons (Fsp3) is 0.519. The molecule has 2 spiro atoms. The second-order valence-electron chi connectivity index (χ2n) is 11.0. The topological polar surface area (TPSA) is 81.7 Å². The largest absolute Gasteiger partial charge is 0.373 e. The maximum absolute atomic E-state index is 13.5. The number of amides is 1. The number of sulfonamides is 1. The quantitative estimate of drug-likeness (QED) is 0.615. The van der Waals surface area contributed by atoms with Gasteiger partial charge in [0.2, 0.25) is 10.0 Å². The molecule has 0 unspecified atom stereocenters. The van der Waals surface area contributed by atoms with E-state index in [1.165, 1.54) is 36.9 Å². The van der Waals surface area contributed by atoms with E-state index in [1.54, 1.807) is 19.1 Å². The Labute approximate surface area is 207 Å². The Morgan fingerprint density at radius 3 is 2.31 bits per heavy atom. The zero-order valence-electron chi connectivity index (χ0n) is 20.6. The maximum atomic E-state index is 13.5. The Bertz CT molecular complexity index is 1290. The highest BCUT2D eigenvalue weighted by Crippen LogP contribution is 2.56. The molecule has 0 radical (unpaired) electrons. The second-order valence-corrected chi connectivity index (χ2v) is 13.1. The lowest BCUT2D eigenvalue weighted by atomic mass is 9.93. The van der Waals surface area contributed by atoms with E-state index < -0.39 is 10.0 Å². The van der Waals surface area contributed by atoms with Crippen LogP contribution in [-0.4, -0.2) is 46.8 Å². The molecule has 2 aliphatic carbocycles. The summed E-state index contributed by atoms with van der Waals surface area (Å²) in [5.41, 5.74) is 6.07. The Hall–Kier alpha value is -2.74. The number of nitrogens with one attached hydrogen (secondary N) is 2. The Kier molecular flexibility index (Phi) is 5.11. The van der Waals surface area contributed by atoms with Crippen molar-refractivity contribution in [2.24, 2.45) is 5.41 Å². The number of carbonyl (C=O) groups is 1. The molecule has 2 aromatic rings. The Morgan fingerprint density at radius 1 is 0.943 bits per heavy atom. The first kappa shape index (κ1) is 22.7. The van der Waals surface area contributed by atoms with Gasteiger partial charge in [-0.25, -0.2) is 8.42 Å². The smallest absolute Gasteiger partial charge is 0.257 e. The molecular formula is C27H34N4O3S. The highest BCUT2D eigenvalue weighted by molar-refractivity contribution is 7.92. The van der Waals surface area contributed by atoms with E-state index in [1.807, 2.05) is 12.1 Å². The highest BCUT2D eigenvalue weighted by Gasteiger charge is 2.51. The first-order chi connectivity index (χ1) is 16.7. The molecule has 35 heavy (non-hydrogen) atoms. The molecule has 186 valence electrons. The van der Waals surface area contributed by atoms with Crippen LogP contribution >= 0.6 is 0 Å². The second kappa shape index (κ2) is 7.88.